The van der Waals surface area contributed by atoms with Crippen molar-refractivity contribution in [2.75, 3.05) is 23.3 Å². The van der Waals surface area contributed by atoms with E-state index in [1.54, 1.807) is 30.0 Å². The van der Waals surface area contributed by atoms with E-state index in [-0.39, 0.29) is 55.0 Å². The quantitative estimate of drug-likeness (QED) is 0.815. The number of anilines is 2. The number of nitriles is 2. The van der Waals surface area contributed by atoms with Crippen LogP contribution in [0.25, 0.3) is 0 Å². The summed E-state index contributed by atoms with van der Waals surface area (Å²) in [4.78, 5) is 19.0. The molecule has 1 N–H and O–H groups in total. The van der Waals surface area contributed by atoms with Crippen LogP contribution < -0.4 is 10.2 Å². The van der Waals surface area contributed by atoms with E-state index in [1.807, 2.05) is 25.1 Å². The van der Waals surface area contributed by atoms with E-state index < -0.39 is 11.8 Å². The number of alkyl halides is 2. The van der Waals surface area contributed by atoms with Gasteiger partial charge >= 0.3 is 0 Å². The average molecular weight is 409 g/mol. The van der Waals surface area contributed by atoms with Crippen molar-refractivity contribution >= 4 is 17.4 Å². The molecule has 0 saturated carbocycles. The van der Waals surface area contributed by atoms with Gasteiger partial charge in [0.2, 0.25) is 5.92 Å². The third kappa shape index (κ3) is 4.38. The summed E-state index contributed by atoms with van der Waals surface area (Å²) < 4.78 is 27.7. The predicted octanol–water partition coefficient (Wildman–Crippen LogP) is 4.32. The minimum absolute atomic E-state index is 0.000927. The number of aromatic nitrogens is 1. The van der Waals surface area contributed by atoms with E-state index in [9.17, 15) is 24.1 Å². The largest absolute Gasteiger partial charge is 0.356 e. The molecule has 1 fully saturated rings. The average Bonchev–Trinajstić information content (AvgIpc) is 2.87. The monoisotopic (exact) mass is 409 g/mol. The molecule has 1 aliphatic rings. The summed E-state index contributed by atoms with van der Waals surface area (Å²) in [5, 5.41) is 21.7. The van der Waals surface area contributed by atoms with Crippen LogP contribution in [-0.2, 0) is 0 Å². The number of pyridine rings is 1. The number of nitrogens with zero attached hydrogens (tertiary/aromatic N) is 4. The first-order valence-corrected chi connectivity index (χ1v) is 9.61. The molecule has 154 valence electrons. The molecule has 1 amide bonds. The molecule has 0 spiro atoms. The molecule has 8 heteroatoms. The van der Waals surface area contributed by atoms with Gasteiger partial charge in [0.25, 0.3) is 5.91 Å². The zero-order valence-corrected chi connectivity index (χ0v) is 16.8. The van der Waals surface area contributed by atoms with Crippen molar-refractivity contribution < 1.29 is 13.6 Å². The third-order valence-electron chi connectivity index (χ3n) is 5.17. The predicted molar refractivity (Wildman–Crippen MR) is 109 cm³/mol. The van der Waals surface area contributed by atoms with Crippen LogP contribution in [0, 0.1) is 36.5 Å². The molecule has 0 aliphatic carbocycles. The SMILES string of the molecule is Cc1cccc(NC(=O)c2c(N3CCCC(F)(F)CC3)nc(C#N)c(C#N)c2C)c1. The standard InChI is InChI=1S/C22H21F2N5O/c1-14-5-3-6-16(11-14)27-21(30)19-15(2)17(12-25)18(13-26)28-20(19)29-9-4-7-22(23,24)8-10-29/h3,5-6,11H,4,7-10H2,1-2H3,(H,27,30). The normalized spacial score (nSPS) is 15.6. The topological polar surface area (TPSA) is 92.8 Å². The fourth-order valence-electron chi connectivity index (χ4n) is 3.60. The van der Waals surface area contributed by atoms with Gasteiger partial charge in [0.1, 0.15) is 18.0 Å². The summed E-state index contributed by atoms with van der Waals surface area (Å²) >= 11 is 0. The van der Waals surface area contributed by atoms with E-state index in [4.69, 9.17) is 0 Å². The van der Waals surface area contributed by atoms with Crippen molar-refractivity contribution in [2.24, 2.45) is 0 Å². The minimum Gasteiger partial charge on any atom is -0.356 e. The number of halogens is 2. The second-order valence-electron chi connectivity index (χ2n) is 7.40. The lowest BCUT2D eigenvalue weighted by atomic mass is 10.0. The molecule has 0 radical (unpaired) electrons. The Bertz CT molecular complexity index is 1070. The van der Waals surface area contributed by atoms with Crippen LogP contribution in [0.1, 0.15) is 52.0 Å². The van der Waals surface area contributed by atoms with Crippen LogP contribution in [0.2, 0.25) is 0 Å². The van der Waals surface area contributed by atoms with Crippen molar-refractivity contribution in [2.45, 2.75) is 39.0 Å². The summed E-state index contributed by atoms with van der Waals surface area (Å²) in [6, 6.07) is 11.0. The highest BCUT2D eigenvalue weighted by molar-refractivity contribution is 6.09. The number of benzene rings is 1. The van der Waals surface area contributed by atoms with Crippen LogP contribution in [-0.4, -0.2) is 29.9 Å². The van der Waals surface area contributed by atoms with Crippen molar-refractivity contribution in [1.82, 2.24) is 4.98 Å². The van der Waals surface area contributed by atoms with E-state index >= 15 is 0 Å². The van der Waals surface area contributed by atoms with Crippen LogP contribution in [0.5, 0.6) is 0 Å². The molecule has 30 heavy (non-hydrogen) atoms. The maximum Gasteiger partial charge on any atom is 0.259 e. The first kappa shape index (κ1) is 21.2. The van der Waals surface area contributed by atoms with Gasteiger partial charge in [0.05, 0.1) is 11.1 Å². The molecule has 1 aliphatic heterocycles. The van der Waals surface area contributed by atoms with Gasteiger partial charge in [-0.05, 0) is 43.5 Å². The van der Waals surface area contributed by atoms with Crippen molar-refractivity contribution in [3.8, 4) is 12.1 Å². The number of amides is 1. The first-order chi connectivity index (χ1) is 14.3. The zero-order chi connectivity index (χ0) is 21.9. The van der Waals surface area contributed by atoms with Crippen LogP contribution in [0.4, 0.5) is 20.3 Å². The second-order valence-corrected chi connectivity index (χ2v) is 7.40. The molecule has 1 aromatic heterocycles. The number of nitrogens with one attached hydrogen (secondary N) is 1. The smallest absolute Gasteiger partial charge is 0.259 e. The van der Waals surface area contributed by atoms with Crippen LogP contribution in [0.3, 0.4) is 0 Å². The Morgan fingerprint density at radius 3 is 2.63 bits per heavy atom. The number of rotatable bonds is 3. The van der Waals surface area contributed by atoms with Crippen LogP contribution >= 0.6 is 0 Å². The zero-order valence-electron chi connectivity index (χ0n) is 16.8. The fourth-order valence-corrected chi connectivity index (χ4v) is 3.60. The van der Waals surface area contributed by atoms with Crippen molar-refractivity contribution in [3.63, 3.8) is 0 Å². The van der Waals surface area contributed by atoms with Gasteiger partial charge in [-0.1, -0.05) is 12.1 Å². The lowest BCUT2D eigenvalue weighted by Gasteiger charge is -2.25. The Labute approximate surface area is 173 Å². The summed E-state index contributed by atoms with van der Waals surface area (Å²) in [6.45, 7) is 3.74. The Hall–Kier alpha value is -3.52. The Balaban J connectivity index is 2.09. The van der Waals surface area contributed by atoms with Gasteiger partial charge in [-0.25, -0.2) is 13.8 Å². The number of hydrogen-bond donors (Lipinski definition) is 1. The van der Waals surface area contributed by atoms with E-state index in [0.717, 1.165) is 5.56 Å². The molecule has 1 aromatic carbocycles. The molecule has 1 saturated heterocycles. The minimum atomic E-state index is -2.78. The van der Waals surface area contributed by atoms with E-state index in [1.165, 1.54) is 0 Å². The maximum atomic E-state index is 13.9. The lowest BCUT2D eigenvalue weighted by molar-refractivity contribution is -0.0102. The van der Waals surface area contributed by atoms with Crippen molar-refractivity contribution in [1.29, 1.82) is 10.5 Å². The molecule has 6 nitrogen and oxygen atoms in total. The Morgan fingerprint density at radius 1 is 1.20 bits per heavy atom. The number of hydrogen-bond acceptors (Lipinski definition) is 5. The molecule has 3 rings (SSSR count). The number of aryl methyl sites for hydroxylation is 1. The van der Waals surface area contributed by atoms with Gasteiger partial charge < -0.3 is 10.2 Å². The summed E-state index contributed by atoms with van der Waals surface area (Å²) in [5.74, 6) is -3.12. The maximum absolute atomic E-state index is 13.9. The highest BCUT2D eigenvalue weighted by Crippen LogP contribution is 2.33. The van der Waals surface area contributed by atoms with Gasteiger partial charge in [-0.15, -0.1) is 0 Å². The van der Waals surface area contributed by atoms with Crippen molar-refractivity contribution in [3.05, 3.63) is 52.2 Å². The summed E-state index contributed by atoms with van der Waals surface area (Å²) in [5.41, 5.74) is 1.84. The third-order valence-corrected chi connectivity index (χ3v) is 5.17. The summed E-state index contributed by atoms with van der Waals surface area (Å²) in [7, 11) is 0. The molecular weight excluding hydrogens is 388 g/mol. The van der Waals surface area contributed by atoms with E-state index in [0.29, 0.717) is 11.3 Å². The number of carbonyl (C=O) groups excluding carboxylic acids is 1. The molecular formula is C22H21F2N5O. The van der Waals surface area contributed by atoms with E-state index in [2.05, 4.69) is 10.3 Å². The first-order valence-electron chi connectivity index (χ1n) is 9.61. The molecule has 2 aromatic rings. The summed E-state index contributed by atoms with van der Waals surface area (Å²) in [6.07, 6.45) is -0.377. The fraction of sp³-hybridized carbons (Fsp3) is 0.364. The van der Waals surface area contributed by atoms with Gasteiger partial charge in [0.15, 0.2) is 5.69 Å². The van der Waals surface area contributed by atoms with Gasteiger partial charge in [-0.2, -0.15) is 10.5 Å². The second kappa shape index (κ2) is 8.46. The molecule has 0 bridgehead atoms. The highest BCUT2D eigenvalue weighted by atomic mass is 19.3. The highest BCUT2D eigenvalue weighted by Gasteiger charge is 2.34. The Morgan fingerprint density at radius 2 is 1.97 bits per heavy atom. The molecule has 2 heterocycles. The van der Waals surface area contributed by atoms with Gasteiger partial charge in [-0.3, -0.25) is 4.79 Å². The number of carbonyl (C=O) groups is 1. The lowest BCUT2D eigenvalue weighted by Crippen LogP contribution is -2.30. The Kier molecular flexibility index (Phi) is 5.98. The van der Waals surface area contributed by atoms with Crippen LogP contribution in [0.15, 0.2) is 24.3 Å². The van der Waals surface area contributed by atoms with Gasteiger partial charge in [0, 0.05) is 31.6 Å². The molecule has 0 unspecified atom stereocenters. The molecule has 0 atom stereocenters.